The van der Waals surface area contributed by atoms with E-state index in [0.717, 1.165) is 25.9 Å². The number of nitrogens with zero attached hydrogens (tertiary/aromatic N) is 1. The predicted octanol–water partition coefficient (Wildman–Crippen LogP) is 2.35. The summed E-state index contributed by atoms with van der Waals surface area (Å²) in [6, 6.07) is 0. The highest BCUT2D eigenvalue weighted by atomic mass is 32.1. The maximum absolute atomic E-state index is 5.92. The van der Waals surface area contributed by atoms with Crippen molar-refractivity contribution in [3.63, 3.8) is 0 Å². The lowest BCUT2D eigenvalue weighted by molar-refractivity contribution is 0.446. The van der Waals surface area contributed by atoms with Crippen molar-refractivity contribution in [2.75, 3.05) is 13.1 Å². The van der Waals surface area contributed by atoms with Gasteiger partial charge in [0.1, 0.15) is 0 Å². The summed E-state index contributed by atoms with van der Waals surface area (Å²) in [5.41, 5.74) is 5.88. The number of hydrogen-bond donors (Lipinski definition) is 2. The molecule has 1 atom stereocenters. The molecule has 0 aromatic carbocycles. The Kier molecular flexibility index (Phi) is 5.38. The summed E-state index contributed by atoms with van der Waals surface area (Å²) in [5, 5.41) is 6.70. The minimum atomic E-state index is -0.0391. The van der Waals surface area contributed by atoms with Gasteiger partial charge in [0.2, 0.25) is 0 Å². The summed E-state index contributed by atoms with van der Waals surface area (Å²) in [7, 11) is 0. The Morgan fingerprint density at radius 2 is 2.31 bits per heavy atom. The van der Waals surface area contributed by atoms with Gasteiger partial charge >= 0.3 is 0 Å². The van der Waals surface area contributed by atoms with Crippen LogP contribution in [-0.2, 0) is 0 Å². The smallest absolute Gasteiger partial charge is 0.0965 e. The van der Waals surface area contributed by atoms with Crippen molar-refractivity contribution >= 4 is 11.3 Å². The molecule has 0 fully saturated rings. The van der Waals surface area contributed by atoms with E-state index >= 15 is 0 Å². The topological polar surface area (TPSA) is 50.9 Å². The van der Waals surface area contributed by atoms with Gasteiger partial charge in [0.05, 0.1) is 5.01 Å². The number of aromatic nitrogens is 1. The highest BCUT2D eigenvalue weighted by molar-refractivity contribution is 7.09. The lowest BCUT2D eigenvalue weighted by atomic mass is 10.0. The molecule has 0 aliphatic carbocycles. The van der Waals surface area contributed by atoms with Crippen LogP contribution in [0.25, 0.3) is 0 Å². The molecule has 1 unspecified atom stereocenters. The normalized spacial score (nSPS) is 14.0. The fourth-order valence-corrected chi connectivity index (χ4v) is 2.25. The maximum Gasteiger partial charge on any atom is 0.0965 e. The summed E-state index contributed by atoms with van der Waals surface area (Å²) in [4.78, 5) is 4.31. The van der Waals surface area contributed by atoms with E-state index in [9.17, 15) is 0 Å². The van der Waals surface area contributed by atoms with Gasteiger partial charge in [-0.05, 0) is 33.2 Å². The lowest BCUT2D eigenvalue weighted by Crippen LogP contribution is -2.33. The highest BCUT2D eigenvalue weighted by Crippen LogP contribution is 2.16. The largest absolute Gasteiger partial charge is 0.326 e. The number of nitrogens with one attached hydrogen (secondary N) is 1. The molecule has 0 aliphatic rings. The zero-order chi connectivity index (χ0) is 12.0. The summed E-state index contributed by atoms with van der Waals surface area (Å²) >= 11 is 1.73. The zero-order valence-electron chi connectivity index (χ0n) is 10.5. The van der Waals surface area contributed by atoms with Crippen molar-refractivity contribution in [2.24, 2.45) is 5.73 Å². The van der Waals surface area contributed by atoms with E-state index in [1.54, 1.807) is 11.3 Å². The lowest BCUT2D eigenvalue weighted by Gasteiger charge is -2.18. The van der Waals surface area contributed by atoms with Gasteiger partial charge in [0.25, 0.3) is 0 Å². The van der Waals surface area contributed by atoms with Crippen molar-refractivity contribution in [3.05, 3.63) is 16.6 Å². The molecule has 4 heteroatoms. The van der Waals surface area contributed by atoms with E-state index in [4.69, 9.17) is 5.73 Å². The average molecular weight is 241 g/mol. The summed E-state index contributed by atoms with van der Waals surface area (Å²) in [5.74, 6) is 0.505. The first-order chi connectivity index (χ1) is 7.49. The minimum Gasteiger partial charge on any atom is -0.326 e. The van der Waals surface area contributed by atoms with Crippen LogP contribution >= 0.6 is 11.3 Å². The Hall–Kier alpha value is -0.450. The highest BCUT2D eigenvalue weighted by Gasteiger charge is 2.10. The second-order valence-electron chi connectivity index (χ2n) is 5.07. The zero-order valence-corrected chi connectivity index (χ0v) is 11.3. The third-order valence-electron chi connectivity index (χ3n) is 2.50. The average Bonchev–Trinajstić information content (AvgIpc) is 2.67. The van der Waals surface area contributed by atoms with Crippen LogP contribution in [0.4, 0.5) is 0 Å². The Morgan fingerprint density at radius 1 is 1.56 bits per heavy atom. The molecule has 1 rings (SSSR count). The fraction of sp³-hybridized carbons (Fsp3) is 0.750. The van der Waals surface area contributed by atoms with Gasteiger partial charge in [-0.3, -0.25) is 0 Å². The van der Waals surface area contributed by atoms with Crippen molar-refractivity contribution in [1.82, 2.24) is 10.3 Å². The van der Waals surface area contributed by atoms with Crippen LogP contribution in [0.15, 0.2) is 11.6 Å². The SMILES string of the molecule is CC(CNCCCC(C)(C)N)c1nccs1. The molecule has 0 aliphatic heterocycles. The first-order valence-corrected chi connectivity index (χ1v) is 6.76. The molecule has 3 N–H and O–H groups in total. The van der Waals surface area contributed by atoms with Crippen LogP contribution in [0.1, 0.15) is 44.5 Å². The molecule has 92 valence electrons. The molecule has 1 aromatic heterocycles. The molecule has 1 aromatic rings. The van der Waals surface area contributed by atoms with Gasteiger partial charge in [-0.15, -0.1) is 11.3 Å². The Balaban J connectivity index is 2.08. The number of rotatable bonds is 7. The molecule has 0 amide bonds. The fourth-order valence-electron chi connectivity index (χ4n) is 1.55. The number of hydrogen-bond acceptors (Lipinski definition) is 4. The van der Waals surface area contributed by atoms with Gasteiger partial charge in [-0.2, -0.15) is 0 Å². The van der Waals surface area contributed by atoms with E-state index in [-0.39, 0.29) is 5.54 Å². The van der Waals surface area contributed by atoms with Crippen LogP contribution in [0.2, 0.25) is 0 Å². The van der Waals surface area contributed by atoms with Crippen LogP contribution in [-0.4, -0.2) is 23.6 Å². The molecule has 0 saturated carbocycles. The van der Waals surface area contributed by atoms with Crippen LogP contribution in [0.3, 0.4) is 0 Å². The third kappa shape index (κ3) is 5.58. The van der Waals surface area contributed by atoms with E-state index in [1.807, 2.05) is 11.6 Å². The van der Waals surface area contributed by atoms with Crippen LogP contribution in [0.5, 0.6) is 0 Å². The number of nitrogens with two attached hydrogens (primary N) is 1. The van der Waals surface area contributed by atoms with E-state index in [1.165, 1.54) is 5.01 Å². The Morgan fingerprint density at radius 3 is 2.88 bits per heavy atom. The van der Waals surface area contributed by atoms with Crippen molar-refractivity contribution in [3.8, 4) is 0 Å². The molecule has 1 heterocycles. The van der Waals surface area contributed by atoms with Gasteiger partial charge in [-0.1, -0.05) is 6.92 Å². The molecule has 3 nitrogen and oxygen atoms in total. The first kappa shape index (κ1) is 13.6. The van der Waals surface area contributed by atoms with Crippen LogP contribution in [0, 0.1) is 0 Å². The summed E-state index contributed by atoms with van der Waals surface area (Å²) in [6.45, 7) is 8.39. The quantitative estimate of drug-likeness (QED) is 0.721. The Bertz CT molecular complexity index is 277. The molecular weight excluding hydrogens is 218 g/mol. The van der Waals surface area contributed by atoms with E-state index in [2.05, 4.69) is 31.1 Å². The predicted molar refractivity (Wildman–Crippen MR) is 70.9 cm³/mol. The maximum atomic E-state index is 5.92. The molecule has 0 spiro atoms. The van der Waals surface area contributed by atoms with Gasteiger partial charge in [0.15, 0.2) is 0 Å². The van der Waals surface area contributed by atoms with Crippen molar-refractivity contribution in [1.29, 1.82) is 0 Å². The molecule has 0 saturated heterocycles. The standard InChI is InChI=1S/C12H23N3S/c1-10(11-15-7-8-16-11)9-14-6-4-5-12(2,3)13/h7-8,10,14H,4-6,9,13H2,1-3H3. The second-order valence-corrected chi connectivity index (χ2v) is 5.99. The Labute approximate surface area is 102 Å². The van der Waals surface area contributed by atoms with Crippen molar-refractivity contribution < 1.29 is 0 Å². The van der Waals surface area contributed by atoms with E-state index in [0.29, 0.717) is 5.92 Å². The van der Waals surface area contributed by atoms with Gasteiger partial charge in [0, 0.05) is 29.6 Å². The second kappa shape index (κ2) is 6.33. The summed E-state index contributed by atoms with van der Waals surface area (Å²) < 4.78 is 0. The van der Waals surface area contributed by atoms with Gasteiger partial charge < -0.3 is 11.1 Å². The molecular formula is C12H23N3S. The van der Waals surface area contributed by atoms with Crippen LogP contribution < -0.4 is 11.1 Å². The third-order valence-corrected chi connectivity index (χ3v) is 3.51. The monoisotopic (exact) mass is 241 g/mol. The van der Waals surface area contributed by atoms with Crippen molar-refractivity contribution in [2.45, 2.75) is 45.1 Å². The van der Waals surface area contributed by atoms with Gasteiger partial charge in [-0.25, -0.2) is 4.98 Å². The molecule has 0 radical (unpaired) electrons. The summed E-state index contributed by atoms with van der Waals surface area (Å²) in [6.07, 6.45) is 4.06. The minimum absolute atomic E-state index is 0.0391. The molecule has 16 heavy (non-hydrogen) atoms. The first-order valence-electron chi connectivity index (χ1n) is 5.88. The van der Waals surface area contributed by atoms with E-state index < -0.39 is 0 Å². The molecule has 0 bridgehead atoms. The number of thiazole rings is 1.